The molecule has 18 heavy (non-hydrogen) atoms. The van der Waals surface area contributed by atoms with E-state index in [1.807, 2.05) is 0 Å². The van der Waals surface area contributed by atoms with Gasteiger partial charge in [-0.2, -0.15) is 0 Å². The highest BCUT2D eigenvalue weighted by Gasteiger charge is 2.17. The number of aromatic nitrogens is 1. The van der Waals surface area contributed by atoms with Gasteiger partial charge in [0, 0.05) is 6.07 Å². The predicted molar refractivity (Wildman–Crippen MR) is 57.8 cm³/mol. The summed E-state index contributed by atoms with van der Waals surface area (Å²) >= 11 is 0. The molecule has 1 aromatic heterocycles. The molecular formula is C12H9F2NO3. The summed E-state index contributed by atoms with van der Waals surface area (Å²) in [6, 6.07) is 3.02. The zero-order valence-corrected chi connectivity index (χ0v) is 9.44. The molecule has 1 aromatic carbocycles. The van der Waals surface area contributed by atoms with Gasteiger partial charge in [0.25, 0.3) is 0 Å². The standard InChI is InChI=1S/C12H9F2NO3/c1-2-17-12(16)11-15-6-10(18-11)8-4-3-7(13)5-9(8)14/h3-6H,2H2,1H3. The van der Waals surface area contributed by atoms with Gasteiger partial charge in [0.2, 0.25) is 0 Å². The highest BCUT2D eigenvalue weighted by Crippen LogP contribution is 2.24. The fourth-order valence-corrected chi connectivity index (χ4v) is 1.38. The van der Waals surface area contributed by atoms with Crippen LogP contribution in [-0.4, -0.2) is 17.6 Å². The number of hydrogen-bond donors (Lipinski definition) is 0. The van der Waals surface area contributed by atoms with Crippen LogP contribution in [0.1, 0.15) is 17.6 Å². The molecular weight excluding hydrogens is 244 g/mol. The first-order valence-corrected chi connectivity index (χ1v) is 5.20. The van der Waals surface area contributed by atoms with Crippen molar-refractivity contribution in [1.29, 1.82) is 0 Å². The number of hydrogen-bond acceptors (Lipinski definition) is 4. The largest absolute Gasteiger partial charge is 0.459 e. The average Bonchev–Trinajstić information content (AvgIpc) is 2.78. The Balaban J connectivity index is 2.32. The number of ether oxygens (including phenoxy) is 1. The summed E-state index contributed by atoms with van der Waals surface area (Å²) in [6.45, 7) is 1.82. The normalized spacial score (nSPS) is 10.4. The highest BCUT2D eigenvalue weighted by atomic mass is 19.1. The third kappa shape index (κ3) is 2.37. The van der Waals surface area contributed by atoms with E-state index in [1.54, 1.807) is 6.92 Å². The van der Waals surface area contributed by atoms with Crippen LogP contribution < -0.4 is 0 Å². The molecule has 94 valence electrons. The first-order valence-electron chi connectivity index (χ1n) is 5.20. The molecule has 0 N–H and O–H groups in total. The van der Waals surface area contributed by atoms with Crippen molar-refractivity contribution in [1.82, 2.24) is 4.98 Å². The van der Waals surface area contributed by atoms with Crippen molar-refractivity contribution in [2.45, 2.75) is 6.92 Å². The topological polar surface area (TPSA) is 52.3 Å². The second kappa shape index (κ2) is 4.95. The van der Waals surface area contributed by atoms with E-state index in [9.17, 15) is 13.6 Å². The summed E-state index contributed by atoms with van der Waals surface area (Å²) in [7, 11) is 0. The van der Waals surface area contributed by atoms with Crippen LogP contribution in [0.25, 0.3) is 11.3 Å². The zero-order valence-electron chi connectivity index (χ0n) is 9.44. The molecule has 6 heteroatoms. The fourth-order valence-electron chi connectivity index (χ4n) is 1.38. The van der Waals surface area contributed by atoms with Crippen molar-refractivity contribution < 1.29 is 22.7 Å². The summed E-state index contributed by atoms with van der Waals surface area (Å²) in [5, 5.41) is 0. The molecule has 1 heterocycles. The molecule has 0 aliphatic heterocycles. The lowest BCUT2D eigenvalue weighted by Crippen LogP contribution is -2.04. The van der Waals surface area contributed by atoms with Gasteiger partial charge in [0.05, 0.1) is 18.4 Å². The molecule has 2 rings (SSSR count). The van der Waals surface area contributed by atoms with Crippen molar-refractivity contribution in [2.75, 3.05) is 6.61 Å². The Hall–Kier alpha value is -2.24. The summed E-state index contributed by atoms with van der Waals surface area (Å²) in [4.78, 5) is 15.0. The van der Waals surface area contributed by atoms with Crippen LogP contribution >= 0.6 is 0 Å². The zero-order chi connectivity index (χ0) is 13.1. The summed E-state index contributed by atoms with van der Waals surface area (Å²) < 4.78 is 35.9. The molecule has 0 aliphatic rings. The number of esters is 1. The van der Waals surface area contributed by atoms with Crippen LogP contribution in [0.4, 0.5) is 8.78 Å². The van der Waals surface area contributed by atoms with Gasteiger partial charge in [-0.25, -0.2) is 18.6 Å². The van der Waals surface area contributed by atoms with Gasteiger partial charge in [0.15, 0.2) is 5.76 Å². The molecule has 0 saturated carbocycles. The van der Waals surface area contributed by atoms with E-state index in [2.05, 4.69) is 9.72 Å². The smallest absolute Gasteiger partial charge is 0.394 e. The second-order valence-corrected chi connectivity index (χ2v) is 3.37. The first-order chi connectivity index (χ1) is 8.61. The number of nitrogens with zero attached hydrogens (tertiary/aromatic N) is 1. The highest BCUT2D eigenvalue weighted by molar-refractivity contribution is 5.84. The summed E-state index contributed by atoms with van der Waals surface area (Å²) in [6.07, 6.45) is 1.18. The van der Waals surface area contributed by atoms with Crippen LogP contribution in [0.2, 0.25) is 0 Å². The number of rotatable bonds is 3. The molecule has 0 saturated heterocycles. The molecule has 0 aliphatic carbocycles. The minimum absolute atomic E-state index is 0.0273. The van der Waals surface area contributed by atoms with Crippen LogP contribution in [0.3, 0.4) is 0 Å². The van der Waals surface area contributed by atoms with Crippen LogP contribution in [0.15, 0.2) is 28.8 Å². The van der Waals surface area contributed by atoms with Gasteiger partial charge in [-0.05, 0) is 19.1 Å². The van der Waals surface area contributed by atoms with E-state index in [4.69, 9.17) is 4.42 Å². The maximum Gasteiger partial charge on any atom is 0.394 e. The quantitative estimate of drug-likeness (QED) is 0.789. The first kappa shape index (κ1) is 12.2. The van der Waals surface area contributed by atoms with Gasteiger partial charge in [-0.15, -0.1) is 0 Å². The lowest BCUT2D eigenvalue weighted by molar-refractivity contribution is 0.0482. The molecule has 0 radical (unpaired) electrons. The number of benzene rings is 1. The maximum absolute atomic E-state index is 13.5. The van der Waals surface area contributed by atoms with Crippen molar-refractivity contribution in [3.63, 3.8) is 0 Å². The number of carbonyl (C=O) groups is 1. The number of carbonyl (C=O) groups excluding carboxylic acids is 1. The Morgan fingerprint density at radius 3 is 2.89 bits per heavy atom. The Labute approximate surface area is 101 Å². The number of halogens is 2. The van der Waals surface area contributed by atoms with Gasteiger partial charge >= 0.3 is 11.9 Å². The molecule has 0 amide bonds. The third-order valence-corrected chi connectivity index (χ3v) is 2.15. The number of oxazole rings is 1. The third-order valence-electron chi connectivity index (χ3n) is 2.15. The Kier molecular flexibility index (Phi) is 3.36. The lowest BCUT2D eigenvalue weighted by Gasteiger charge is -1.99. The van der Waals surface area contributed by atoms with E-state index >= 15 is 0 Å². The van der Waals surface area contributed by atoms with Crippen LogP contribution in [0.5, 0.6) is 0 Å². The summed E-state index contributed by atoms with van der Waals surface area (Å²) in [5.74, 6) is -2.44. The van der Waals surface area contributed by atoms with Gasteiger partial charge in [-0.1, -0.05) is 0 Å². The molecule has 4 nitrogen and oxygen atoms in total. The van der Waals surface area contributed by atoms with Crippen molar-refractivity contribution in [3.05, 3.63) is 41.9 Å². The second-order valence-electron chi connectivity index (χ2n) is 3.37. The Morgan fingerprint density at radius 1 is 1.44 bits per heavy atom. The minimum Gasteiger partial charge on any atom is -0.459 e. The maximum atomic E-state index is 13.5. The lowest BCUT2D eigenvalue weighted by atomic mass is 10.2. The SMILES string of the molecule is CCOC(=O)c1ncc(-c2ccc(F)cc2F)o1. The average molecular weight is 253 g/mol. The fraction of sp³-hybridized carbons (Fsp3) is 0.167. The van der Waals surface area contributed by atoms with Gasteiger partial charge in [-0.3, -0.25) is 0 Å². The molecule has 0 spiro atoms. The molecule has 0 bridgehead atoms. The van der Waals surface area contributed by atoms with E-state index in [-0.39, 0.29) is 23.8 Å². The van der Waals surface area contributed by atoms with Gasteiger partial charge < -0.3 is 9.15 Å². The van der Waals surface area contributed by atoms with Gasteiger partial charge in [0.1, 0.15) is 11.6 Å². The van der Waals surface area contributed by atoms with Crippen molar-refractivity contribution in [2.24, 2.45) is 0 Å². The summed E-state index contributed by atoms with van der Waals surface area (Å²) in [5.41, 5.74) is 0.0273. The van der Waals surface area contributed by atoms with Crippen molar-refractivity contribution in [3.8, 4) is 11.3 Å². The predicted octanol–water partition coefficient (Wildman–Crippen LogP) is 2.80. The monoisotopic (exact) mass is 253 g/mol. The molecule has 0 atom stereocenters. The molecule has 0 fully saturated rings. The van der Waals surface area contributed by atoms with E-state index < -0.39 is 17.6 Å². The molecule has 2 aromatic rings. The molecule has 0 unspecified atom stereocenters. The Bertz CT molecular complexity index is 580. The Morgan fingerprint density at radius 2 is 2.22 bits per heavy atom. The van der Waals surface area contributed by atoms with E-state index in [0.29, 0.717) is 0 Å². The minimum atomic E-state index is -0.790. The van der Waals surface area contributed by atoms with E-state index in [0.717, 1.165) is 12.1 Å². The van der Waals surface area contributed by atoms with Crippen LogP contribution in [0, 0.1) is 11.6 Å². The van der Waals surface area contributed by atoms with Crippen molar-refractivity contribution >= 4 is 5.97 Å². The van der Waals surface area contributed by atoms with Crippen LogP contribution in [-0.2, 0) is 4.74 Å². The van der Waals surface area contributed by atoms with E-state index in [1.165, 1.54) is 12.3 Å².